The second kappa shape index (κ2) is 6.50. The van der Waals surface area contributed by atoms with Crippen LogP contribution in [0.15, 0.2) is 23.1 Å². The van der Waals surface area contributed by atoms with Gasteiger partial charge in [0, 0.05) is 13.0 Å². The van der Waals surface area contributed by atoms with Crippen LogP contribution in [0, 0.1) is 0 Å². The van der Waals surface area contributed by atoms with Crippen molar-refractivity contribution in [2.45, 2.75) is 38.4 Å². The van der Waals surface area contributed by atoms with Crippen LogP contribution in [0.3, 0.4) is 0 Å². The summed E-state index contributed by atoms with van der Waals surface area (Å²) < 4.78 is 12.0. The lowest BCUT2D eigenvalue weighted by atomic mass is 10.1. The lowest BCUT2D eigenvalue weighted by Crippen LogP contribution is -2.35. The van der Waals surface area contributed by atoms with Crippen molar-refractivity contribution in [2.75, 3.05) is 13.2 Å². The number of hydrogen-bond acceptors (Lipinski definition) is 5. The Morgan fingerprint density at radius 2 is 2.33 bits per heavy atom. The third-order valence-corrected chi connectivity index (χ3v) is 5.88. The fourth-order valence-corrected chi connectivity index (χ4v) is 4.61. The van der Waals surface area contributed by atoms with Gasteiger partial charge in [-0.05, 0) is 49.1 Å². The molecule has 0 N–H and O–H groups in total. The van der Waals surface area contributed by atoms with Gasteiger partial charge in [0.1, 0.15) is 16.2 Å². The highest BCUT2D eigenvalue weighted by Gasteiger charge is 2.34. The molecule has 0 aromatic heterocycles. The maximum atomic E-state index is 12.7. The van der Waals surface area contributed by atoms with Crippen LogP contribution in [-0.2, 0) is 16.0 Å². The van der Waals surface area contributed by atoms with E-state index in [0.29, 0.717) is 15.8 Å². The van der Waals surface area contributed by atoms with Crippen LogP contribution < -0.4 is 4.74 Å². The van der Waals surface area contributed by atoms with E-state index in [4.69, 9.17) is 21.7 Å². The molecule has 0 spiro atoms. The minimum absolute atomic E-state index is 0.00869. The summed E-state index contributed by atoms with van der Waals surface area (Å²) in [6.45, 7) is 3.42. The Hall–Kier alpha value is -1.37. The Labute approximate surface area is 151 Å². The molecule has 3 aliphatic rings. The molecule has 3 heterocycles. The molecule has 0 bridgehead atoms. The molecule has 2 fully saturated rings. The molecule has 126 valence electrons. The average Bonchev–Trinajstić information content (AvgIpc) is 3.23. The largest absolute Gasteiger partial charge is 0.490 e. The predicted molar refractivity (Wildman–Crippen MR) is 99.1 cm³/mol. The first-order chi connectivity index (χ1) is 11.6. The first kappa shape index (κ1) is 16.1. The zero-order chi connectivity index (χ0) is 16.7. The Balaban J connectivity index is 1.52. The first-order valence-corrected chi connectivity index (χ1v) is 9.49. The number of benzene rings is 1. The summed E-state index contributed by atoms with van der Waals surface area (Å²) in [5.74, 6) is 0.941. The standard InChI is InChI=1S/C18H19NO3S2/c1-11-7-13-8-12(4-5-15(13)22-11)9-16-17(20)19(18(23)24-16)10-14-3-2-6-21-14/h4-5,8-9,11,14H,2-3,6-7,10H2,1H3/b16-9-/t11-,14+/m1/s1. The fraction of sp³-hybridized carbons (Fsp3) is 0.444. The quantitative estimate of drug-likeness (QED) is 0.609. The number of thioether (sulfide) groups is 1. The molecule has 2 atom stereocenters. The van der Waals surface area contributed by atoms with Gasteiger partial charge in [-0.3, -0.25) is 9.69 Å². The van der Waals surface area contributed by atoms with Crippen molar-refractivity contribution in [1.82, 2.24) is 4.90 Å². The van der Waals surface area contributed by atoms with Gasteiger partial charge in [0.25, 0.3) is 5.91 Å². The van der Waals surface area contributed by atoms with Crippen molar-refractivity contribution in [2.24, 2.45) is 0 Å². The highest BCUT2D eigenvalue weighted by atomic mass is 32.2. The number of carbonyl (C=O) groups excluding carboxylic acids is 1. The SMILES string of the molecule is C[C@@H]1Cc2cc(/C=C3\SC(=S)N(C[C@@H]4CCCO4)C3=O)ccc2O1. The van der Waals surface area contributed by atoms with E-state index in [1.165, 1.54) is 17.3 Å². The maximum absolute atomic E-state index is 12.7. The predicted octanol–water partition coefficient (Wildman–Crippen LogP) is 3.39. The summed E-state index contributed by atoms with van der Waals surface area (Å²) in [5.41, 5.74) is 2.22. The van der Waals surface area contributed by atoms with Crippen molar-refractivity contribution in [3.05, 3.63) is 34.2 Å². The summed E-state index contributed by atoms with van der Waals surface area (Å²) in [4.78, 5) is 15.0. The van der Waals surface area contributed by atoms with Crippen LogP contribution in [0.25, 0.3) is 6.08 Å². The van der Waals surface area contributed by atoms with E-state index >= 15 is 0 Å². The number of fused-ring (bicyclic) bond motifs is 1. The Kier molecular flexibility index (Phi) is 4.37. The normalized spacial score (nSPS) is 27.9. The van der Waals surface area contributed by atoms with Gasteiger partial charge in [0.2, 0.25) is 0 Å². The van der Waals surface area contributed by atoms with Gasteiger partial charge in [0.15, 0.2) is 0 Å². The summed E-state index contributed by atoms with van der Waals surface area (Å²) in [6.07, 6.45) is 5.24. The van der Waals surface area contributed by atoms with Crippen molar-refractivity contribution >= 4 is 40.3 Å². The zero-order valence-electron chi connectivity index (χ0n) is 13.5. The zero-order valence-corrected chi connectivity index (χ0v) is 15.1. The molecule has 3 aliphatic heterocycles. The van der Waals surface area contributed by atoms with E-state index in [0.717, 1.165) is 37.2 Å². The number of amides is 1. The topological polar surface area (TPSA) is 38.8 Å². The van der Waals surface area contributed by atoms with Crippen LogP contribution in [-0.4, -0.2) is 40.5 Å². The monoisotopic (exact) mass is 361 g/mol. The molecule has 24 heavy (non-hydrogen) atoms. The summed E-state index contributed by atoms with van der Waals surface area (Å²) >= 11 is 6.77. The van der Waals surface area contributed by atoms with Crippen LogP contribution in [0.4, 0.5) is 0 Å². The lowest BCUT2D eigenvalue weighted by molar-refractivity contribution is -0.123. The van der Waals surface area contributed by atoms with Crippen LogP contribution in [0.1, 0.15) is 30.9 Å². The number of hydrogen-bond donors (Lipinski definition) is 0. The molecule has 0 radical (unpaired) electrons. The average molecular weight is 361 g/mol. The number of nitrogens with zero attached hydrogens (tertiary/aromatic N) is 1. The van der Waals surface area contributed by atoms with Gasteiger partial charge in [-0.2, -0.15) is 0 Å². The van der Waals surface area contributed by atoms with Gasteiger partial charge in [-0.1, -0.05) is 30.0 Å². The summed E-state index contributed by atoms with van der Waals surface area (Å²) in [5, 5.41) is 0. The van der Waals surface area contributed by atoms with Crippen molar-refractivity contribution < 1.29 is 14.3 Å². The van der Waals surface area contributed by atoms with Crippen molar-refractivity contribution in [3.63, 3.8) is 0 Å². The Morgan fingerprint density at radius 3 is 3.12 bits per heavy atom. The molecule has 4 rings (SSSR count). The second-order valence-electron chi connectivity index (χ2n) is 6.43. The molecule has 4 nitrogen and oxygen atoms in total. The molecule has 1 aromatic carbocycles. The summed E-state index contributed by atoms with van der Waals surface area (Å²) in [6, 6.07) is 6.08. The number of carbonyl (C=O) groups is 1. The van der Waals surface area contributed by atoms with Gasteiger partial charge in [-0.25, -0.2) is 0 Å². The molecule has 1 amide bonds. The first-order valence-electron chi connectivity index (χ1n) is 8.27. The highest BCUT2D eigenvalue weighted by Crippen LogP contribution is 2.35. The molecule has 0 saturated carbocycles. The van der Waals surface area contributed by atoms with Gasteiger partial charge in [-0.15, -0.1) is 0 Å². The van der Waals surface area contributed by atoms with Crippen molar-refractivity contribution in [1.29, 1.82) is 0 Å². The van der Waals surface area contributed by atoms with Gasteiger partial charge in [0.05, 0.1) is 17.6 Å². The van der Waals surface area contributed by atoms with Gasteiger partial charge < -0.3 is 9.47 Å². The number of rotatable bonds is 3. The smallest absolute Gasteiger partial charge is 0.266 e. The van der Waals surface area contributed by atoms with Crippen molar-refractivity contribution in [3.8, 4) is 5.75 Å². The molecular weight excluding hydrogens is 342 g/mol. The molecule has 2 saturated heterocycles. The van der Waals surface area contributed by atoms with E-state index in [-0.39, 0.29) is 18.1 Å². The molecular formula is C18H19NO3S2. The number of ether oxygens (including phenoxy) is 2. The maximum Gasteiger partial charge on any atom is 0.266 e. The van der Waals surface area contributed by atoms with Gasteiger partial charge >= 0.3 is 0 Å². The minimum atomic E-state index is -0.00869. The van der Waals surface area contributed by atoms with E-state index in [2.05, 4.69) is 13.0 Å². The lowest BCUT2D eigenvalue weighted by Gasteiger charge is -2.18. The summed E-state index contributed by atoms with van der Waals surface area (Å²) in [7, 11) is 0. The van der Waals surface area contributed by atoms with Crippen LogP contribution >= 0.6 is 24.0 Å². The second-order valence-corrected chi connectivity index (χ2v) is 8.10. The molecule has 6 heteroatoms. The van der Waals surface area contributed by atoms with E-state index in [1.54, 1.807) is 4.90 Å². The van der Waals surface area contributed by atoms with Crippen LogP contribution in [0.5, 0.6) is 5.75 Å². The molecule has 1 aromatic rings. The third-order valence-electron chi connectivity index (χ3n) is 4.50. The fourth-order valence-electron chi connectivity index (χ4n) is 3.33. The molecule has 0 unspecified atom stereocenters. The molecule has 0 aliphatic carbocycles. The Bertz CT molecular complexity index is 725. The number of thiocarbonyl (C=S) groups is 1. The third kappa shape index (κ3) is 3.10. The highest BCUT2D eigenvalue weighted by molar-refractivity contribution is 8.26. The van der Waals surface area contributed by atoms with E-state index in [1.807, 2.05) is 18.2 Å². The van der Waals surface area contributed by atoms with E-state index < -0.39 is 0 Å². The van der Waals surface area contributed by atoms with Crippen LogP contribution in [0.2, 0.25) is 0 Å². The van der Waals surface area contributed by atoms with E-state index in [9.17, 15) is 4.79 Å². The minimum Gasteiger partial charge on any atom is -0.490 e. The Morgan fingerprint density at radius 1 is 1.46 bits per heavy atom.